The van der Waals surface area contributed by atoms with E-state index in [1.807, 2.05) is 31.2 Å². The summed E-state index contributed by atoms with van der Waals surface area (Å²) in [5, 5.41) is 14.3. The number of carbonyl (C=O) groups excluding carboxylic acids is 1. The van der Waals surface area contributed by atoms with Crippen molar-refractivity contribution in [1.82, 2.24) is 9.97 Å². The van der Waals surface area contributed by atoms with Crippen LogP contribution in [0.1, 0.15) is 31.4 Å². The third kappa shape index (κ3) is 3.68. The molecule has 9 nitrogen and oxygen atoms in total. The molecule has 5 rings (SSSR count). The molecule has 0 aliphatic carbocycles. The lowest BCUT2D eigenvalue weighted by Crippen LogP contribution is -2.24. The number of amides is 2. The molecule has 1 fully saturated rings. The van der Waals surface area contributed by atoms with Gasteiger partial charge in [0.1, 0.15) is 17.7 Å². The van der Waals surface area contributed by atoms with Gasteiger partial charge in [0.15, 0.2) is 0 Å². The zero-order valence-corrected chi connectivity index (χ0v) is 17.3. The Bertz CT molecular complexity index is 1230. The number of pyridine rings is 2. The van der Waals surface area contributed by atoms with Crippen molar-refractivity contribution < 1.29 is 19.4 Å². The quantitative estimate of drug-likeness (QED) is 0.554. The van der Waals surface area contributed by atoms with Gasteiger partial charge in [0.05, 0.1) is 23.8 Å². The summed E-state index contributed by atoms with van der Waals surface area (Å²) >= 11 is 0. The molecule has 9 heteroatoms. The SMILES string of the molecule is CC1Oc2cc(N3CCCC3=O)ccc2-c2cnc(Nc3cncc(NC(=O)O)c3)cc21. The summed E-state index contributed by atoms with van der Waals surface area (Å²) in [5.41, 5.74) is 4.71. The summed E-state index contributed by atoms with van der Waals surface area (Å²) in [7, 11) is 0. The number of nitrogens with zero attached hydrogens (tertiary/aromatic N) is 3. The van der Waals surface area contributed by atoms with Gasteiger partial charge in [-0.3, -0.25) is 15.1 Å². The second kappa shape index (κ2) is 7.84. The topological polar surface area (TPSA) is 117 Å². The molecular formula is C23H21N5O4. The summed E-state index contributed by atoms with van der Waals surface area (Å²) < 4.78 is 6.18. The lowest BCUT2D eigenvalue weighted by molar-refractivity contribution is -0.117. The number of anilines is 4. The van der Waals surface area contributed by atoms with Crippen molar-refractivity contribution in [2.75, 3.05) is 22.1 Å². The number of rotatable bonds is 4. The predicted molar refractivity (Wildman–Crippen MR) is 119 cm³/mol. The molecule has 0 saturated carbocycles. The van der Waals surface area contributed by atoms with Gasteiger partial charge in [0.25, 0.3) is 0 Å². The smallest absolute Gasteiger partial charge is 0.409 e. The monoisotopic (exact) mass is 431 g/mol. The van der Waals surface area contributed by atoms with E-state index in [0.717, 1.165) is 41.1 Å². The highest BCUT2D eigenvalue weighted by molar-refractivity contribution is 5.96. The van der Waals surface area contributed by atoms with Gasteiger partial charge < -0.3 is 20.1 Å². The third-order valence-corrected chi connectivity index (χ3v) is 5.58. The number of carbonyl (C=O) groups is 2. The van der Waals surface area contributed by atoms with Crippen LogP contribution in [0.25, 0.3) is 11.1 Å². The normalized spacial score (nSPS) is 16.7. The van der Waals surface area contributed by atoms with E-state index in [2.05, 4.69) is 20.6 Å². The summed E-state index contributed by atoms with van der Waals surface area (Å²) in [6.07, 6.45) is 4.91. The van der Waals surface area contributed by atoms with Crippen LogP contribution in [-0.2, 0) is 4.79 Å². The first-order valence-corrected chi connectivity index (χ1v) is 10.3. The fraction of sp³-hybridized carbons (Fsp3) is 0.217. The lowest BCUT2D eigenvalue weighted by atomic mass is 9.94. The number of nitrogens with one attached hydrogen (secondary N) is 2. The molecule has 1 saturated heterocycles. The Morgan fingerprint density at radius 3 is 2.78 bits per heavy atom. The van der Waals surface area contributed by atoms with Crippen molar-refractivity contribution in [3.8, 4) is 16.9 Å². The Labute approximate surface area is 184 Å². The Balaban J connectivity index is 1.43. The Hall–Kier alpha value is -4.14. The molecule has 162 valence electrons. The van der Waals surface area contributed by atoms with Crippen LogP contribution in [0.15, 0.2) is 48.9 Å². The fourth-order valence-corrected chi connectivity index (χ4v) is 4.12. The molecule has 1 aromatic carbocycles. The maximum Gasteiger partial charge on any atom is 0.409 e. The lowest BCUT2D eigenvalue weighted by Gasteiger charge is -2.28. The molecule has 2 aliphatic rings. The molecule has 3 N–H and O–H groups in total. The molecule has 0 bridgehead atoms. The standard InChI is InChI=1S/C23H21N5O4/c1-13-18-9-21(26-14-7-15(11-24-10-14)27-23(30)31)25-12-19(18)17-5-4-16(8-20(17)32-13)28-6-2-3-22(28)29/h4-5,7-13,27H,2-3,6H2,1H3,(H,25,26)(H,30,31). The number of hydrogen-bond acceptors (Lipinski definition) is 6. The summed E-state index contributed by atoms with van der Waals surface area (Å²) in [4.78, 5) is 33.3. The first-order chi connectivity index (χ1) is 15.5. The second-order valence-corrected chi connectivity index (χ2v) is 7.76. The Morgan fingerprint density at radius 1 is 1.16 bits per heavy atom. The Morgan fingerprint density at radius 2 is 2.00 bits per heavy atom. The number of fused-ring (bicyclic) bond motifs is 3. The molecule has 32 heavy (non-hydrogen) atoms. The predicted octanol–water partition coefficient (Wildman–Crippen LogP) is 4.56. The van der Waals surface area contributed by atoms with Crippen molar-refractivity contribution in [3.63, 3.8) is 0 Å². The number of benzene rings is 1. The zero-order valence-electron chi connectivity index (χ0n) is 17.3. The molecule has 3 aromatic rings. The number of ether oxygens (including phenoxy) is 1. The van der Waals surface area contributed by atoms with Crippen LogP contribution in [0.2, 0.25) is 0 Å². The molecule has 0 radical (unpaired) electrons. The maximum atomic E-state index is 12.1. The van der Waals surface area contributed by atoms with Crippen LogP contribution >= 0.6 is 0 Å². The van der Waals surface area contributed by atoms with Crippen molar-refractivity contribution in [2.45, 2.75) is 25.9 Å². The van der Waals surface area contributed by atoms with Crippen molar-refractivity contribution in [2.24, 2.45) is 0 Å². The average molecular weight is 431 g/mol. The van der Waals surface area contributed by atoms with E-state index in [9.17, 15) is 9.59 Å². The molecule has 1 unspecified atom stereocenters. The van der Waals surface area contributed by atoms with Gasteiger partial charge >= 0.3 is 6.09 Å². The fourth-order valence-electron chi connectivity index (χ4n) is 4.12. The van der Waals surface area contributed by atoms with Gasteiger partial charge in [-0.2, -0.15) is 0 Å². The van der Waals surface area contributed by atoms with E-state index < -0.39 is 6.09 Å². The first kappa shape index (κ1) is 19.8. The third-order valence-electron chi connectivity index (χ3n) is 5.58. The molecule has 2 aliphatic heterocycles. The van der Waals surface area contributed by atoms with E-state index in [1.165, 1.54) is 6.20 Å². The van der Waals surface area contributed by atoms with Crippen molar-refractivity contribution >= 4 is 34.9 Å². The number of aromatic nitrogens is 2. The highest BCUT2D eigenvalue weighted by Gasteiger charge is 2.27. The zero-order chi connectivity index (χ0) is 22.2. The molecule has 0 spiro atoms. The highest BCUT2D eigenvalue weighted by atomic mass is 16.5. The van der Waals surface area contributed by atoms with E-state index in [1.54, 1.807) is 23.4 Å². The highest BCUT2D eigenvalue weighted by Crippen LogP contribution is 2.44. The largest absolute Gasteiger partial charge is 0.485 e. The number of carboxylic acid groups (broad SMARTS) is 1. The van der Waals surface area contributed by atoms with Crippen LogP contribution in [0.5, 0.6) is 5.75 Å². The van der Waals surface area contributed by atoms with Gasteiger partial charge in [-0.1, -0.05) is 0 Å². The molecule has 2 aromatic heterocycles. The van der Waals surface area contributed by atoms with Gasteiger partial charge in [0, 0.05) is 47.6 Å². The Kier molecular flexibility index (Phi) is 4.85. The second-order valence-electron chi connectivity index (χ2n) is 7.76. The summed E-state index contributed by atoms with van der Waals surface area (Å²) in [6, 6.07) is 9.40. The summed E-state index contributed by atoms with van der Waals surface area (Å²) in [5.74, 6) is 1.47. The van der Waals surface area contributed by atoms with Gasteiger partial charge in [-0.05, 0) is 37.6 Å². The van der Waals surface area contributed by atoms with Crippen molar-refractivity contribution in [3.05, 3.63) is 54.5 Å². The van der Waals surface area contributed by atoms with Crippen LogP contribution < -0.4 is 20.3 Å². The van der Waals surface area contributed by atoms with Crippen LogP contribution in [0, 0.1) is 0 Å². The van der Waals surface area contributed by atoms with Gasteiger partial charge in [0.2, 0.25) is 5.91 Å². The summed E-state index contributed by atoms with van der Waals surface area (Å²) in [6.45, 7) is 2.70. The first-order valence-electron chi connectivity index (χ1n) is 10.3. The van der Waals surface area contributed by atoms with Crippen LogP contribution in [0.4, 0.5) is 27.7 Å². The maximum absolute atomic E-state index is 12.1. The number of hydrogen-bond donors (Lipinski definition) is 3. The van der Waals surface area contributed by atoms with Crippen molar-refractivity contribution in [1.29, 1.82) is 0 Å². The molecular weight excluding hydrogens is 410 g/mol. The molecule has 1 atom stereocenters. The minimum atomic E-state index is -1.15. The molecule has 4 heterocycles. The molecule has 2 amide bonds. The average Bonchev–Trinajstić information content (AvgIpc) is 3.19. The van der Waals surface area contributed by atoms with E-state index in [4.69, 9.17) is 9.84 Å². The van der Waals surface area contributed by atoms with E-state index in [0.29, 0.717) is 23.6 Å². The van der Waals surface area contributed by atoms with Crippen LogP contribution in [-0.4, -0.2) is 33.6 Å². The van der Waals surface area contributed by atoms with Gasteiger partial charge in [-0.25, -0.2) is 9.78 Å². The minimum Gasteiger partial charge on any atom is -0.485 e. The minimum absolute atomic E-state index is 0.142. The van der Waals surface area contributed by atoms with Crippen LogP contribution in [0.3, 0.4) is 0 Å². The van der Waals surface area contributed by atoms with E-state index >= 15 is 0 Å². The van der Waals surface area contributed by atoms with Gasteiger partial charge in [-0.15, -0.1) is 0 Å². The van der Waals surface area contributed by atoms with E-state index in [-0.39, 0.29) is 12.0 Å².